The highest BCUT2D eigenvalue weighted by atomic mass is 79.9. The van der Waals surface area contributed by atoms with E-state index in [4.69, 9.17) is 10.5 Å². The van der Waals surface area contributed by atoms with Crippen molar-refractivity contribution in [1.29, 1.82) is 0 Å². The maximum absolute atomic E-state index is 12.2. The number of likely N-dealkylation sites (N-methyl/N-ethyl adjacent to an activating group) is 1. The first-order valence-corrected chi connectivity index (χ1v) is 7.70. The summed E-state index contributed by atoms with van der Waals surface area (Å²) in [5.74, 6) is 0.646. The number of nitrogens with zero attached hydrogens (tertiary/aromatic N) is 1. The van der Waals surface area contributed by atoms with Crippen molar-refractivity contribution >= 4 is 21.8 Å². The summed E-state index contributed by atoms with van der Waals surface area (Å²) >= 11 is 3.41. The highest BCUT2D eigenvalue weighted by Crippen LogP contribution is 2.28. The molecular formula is C15H23BrN2O2. The maximum atomic E-state index is 12.2. The van der Waals surface area contributed by atoms with Crippen molar-refractivity contribution in [3.8, 4) is 5.75 Å². The lowest BCUT2D eigenvalue weighted by atomic mass is 10.1. The first-order chi connectivity index (χ1) is 9.40. The second-order valence-electron chi connectivity index (χ2n) is 4.74. The van der Waals surface area contributed by atoms with E-state index in [0.717, 1.165) is 10.0 Å². The molecule has 0 aromatic heterocycles. The summed E-state index contributed by atoms with van der Waals surface area (Å²) in [4.78, 5) is 14.0. The van der Waals surface area contributed by atoms with E-state index in [2.05, 4.69) is 15.9 Å². The van der Waals surface area contributed by atoms with E-state index in [1.54, 1.807) is 11.8 Å². The van der Waals surface area contributed by atoms with Crippen molar-refractivity contribution in [2.75, 3.05) is 13.1 Å². The van der Waals surface area contributed by atoms with E-state index in [-0.39, 0.29) is 11.9 Å². The molecule has 112 valence electrons. The smallest absolute Gasteiger partial charge is 0.263 e. The van der Waals surface area contributed by atoms with E-state index >= 15 is 0 Å². The van der Waals surface area contributed by atoms with Gasteiger partial charge in [-0.05, 0) is 39.8 Å². The highest BCUT2D eigenvalue weighted by molar-refractivity contribution is 9.10. The van der Waals surface area contributed by atoms with Crippen LogP contribution in [0, 0.1) is 0 Å². The standard InChI is InChI=1S/C15H23BrN2O2/c1-5-18(6-2)15(19)11(4)20-14-9-12(16)7-8-13(14)10(3)17/h7-11H,5-6,17H2,1-4H3/t10-,11?/m1/s1. The lowest BCUT2D eigenvalue weighted by molar-refractivity contribution is -0.137. The van der Waals surface area contributed by atoms with Gasteiger partial charge in [0, 0.05) is 29.2 Å². The quantitative estimate of drug-likeness (QED) is 0.864. The van der Waals surface area contributed by atoms with Gasteiger partial charge in [-0.2, -0.15) is 0 Å². The minimum Gasteiger partial charge on any atom is -0.481 e. The van der Waals surface area contributed by atoms with Gasteiger partial charge in [-0.3, -0.25) is 4.79 Å². The van der Waals surface area contributed by atoms with Crippen LogP contribution in [-0.4, -0.2) is 30.0 Å². The normalized spacial score (nSPS) is 13.7. The Labute approximate surface area is 129 Å². The molecule has 0 saturated carbocycles. The summed E-state index contributed by atoms with van der Waals surface area (Å²) in [6.45, 7) is 8.95. The van der Waals surface area contributed by atoms with Crippen LogP contribution in [0.3, 0.4) is 0 Å². The van der Waals surface area contributed by atoms with Gasteiger partial charge < -0.3 is 15.4 Å². The molecule has 1 aromatic carbocycles. The molecule has 1 rings (SSSR count). The third kappa shape index (κ3) is 4.21. The minimum absolute atomic E-state index is 0.00870. The summed E-state index contributed by atoms with van der Waals surface area (Å²) in [5.41, 5.74) is 6.83. The van der Waals surface area contributed by atoms with Gasteiger partial charge in [0.05, 0.1) is 0 Å². The van der Waals surface area contributed by atoms with Gasteiger partial charge in [0.1, 0.15) is 5.75 Å². The molecule has 2 atom stereocenters. The number of benzene rings is 1. The number of amides is 1. The fourth-order valence-corrected chi connectivity index (χ4v) is 2.36. The second kappa shape index (κ2) is 7.64. The van der Waals surface area contributed by atoms with E-state index in [9.17, 15) is 4.79 Å². The molecule has 0 radical (unpaired) electrons. The summed E-state index contributed by atoms with van der Waals surface area (Å²) in [5, 5.41) is 0. The number of hydrogen-bond acceptors (Lipinski definition) is 3. The zero-order valence-corrected chi connectivity index (χ0v) is 14.1. The first-order valence-electron chi connectivity index (χ1n) is 6.91. The van der Waals surface area contributed by atoms with E-state index in [1.165, 1.54) is 0 Å². The molecule has 0 aliphatic heterocycles. The molecule has 0 aliphatic carbocycles. The topological polar surface area (TPSA) is 55.6 Å². The number of carbonyl (C=O) groups excluding carboxylic acids is 1. The Morgan fingerprint density at radius 3 is 2.45 bits per heavy atom. The molecule has 1 unspecified atom stereocenters. The molecule has 1 amide bonds. The monoisotopic (exact) mass is 342 g/mol. The molecule has 20 heavy (non-hydrogen) atoms. The number of rotatable bonds is 6. The lowest BCUT2D eigenvalue weighted by Crippen LogP contribution is -2.40. The fraction of sp³-hybridized carbons (Fsp3) is 0.533. The van der Waals surface area contributed by atoms with Crippen LogP contribution in [0.15, 0.2) is 22.7 Å². The number of hydrogen-bond donors (Lipinski definition) is 1. The van der Waals surface area contributed by atoms with Crippen LogP contribution in [0.25, 0.3) is 0 Å². The third-order valence-electron chi connectivity index (χ3n) is 3.19. The Morgan fingerprint density at radius 1 is 1.35 bits per heavy atom. The second-order valence-corrected chi connectivity index (χ2v) is 5.66. The molecule has 0 bridgehead atoms. The SMILES string of the molecule is CCN(CC)C(=O)C(C)Oc1cc(Br)ccc1[C@@H](C)N. The number of ether oxygens (including phenoxy) is 1. The molecular weight excluding hydrogens is 320 g/mol. The van der Waals surface area contributed by atoms with E-state index < -0.39 is 6.10 Å². The highest BCUT2D eigenvalue weighted by Gasteiger charge is 2.21. The average Bonchev–Trinajstić information content (AvgIpc) is 2.39. The number of carbonyl (C=O) groups is 1. The van der Waals surface area contributed by atoms with Gasteiger partial charge in [0.25, 0.3) is 5.91 Å². The van der Waals surface area contributed by atoms with Crippen LogP contribution in [0.1, 0.15) is 39.3 Å². The predicted molar refractivity (Wildman–Crippen MR) is 84.8 cm³/mol. The lowest BCUT2D eigenvalue weighted by Gasteiger charge is -2.24. The predicted octanol–water partition coefficient (Wildman–Crippen LogP) is 3.10. The van der Waals surface area contributed by atoms with Gasteiger partial charge in [0.2, 0.25) is 0 Å². The van der Waals surface area contributed by atoms with Gasteiger partial charge in [-0.25, -0.2) is 0 Å². The Balaban J connectivity index is 2.92. The largest absolute Gasteiger partial charge is 0.481 e. The molecule has 0 saturated heterocycles. The van der Waals surface area contributed by atoms with Crippen molar-refractivity contribution < 1.29 is 9.53 Å². The van der Waals surface area contributed by atoms with Crippen molar-refractivity contribution in [3.05, 3.63) is 28.2 Å². The van der Waals surface area contributed by atoms with Gasteiger partial charge in [-0.1, -0.05) is 22.0 Å². The number of halogens is 1. The van der Waals surface area contributed by atoms with Crippen LogP contribution in [0.4, 0.5) is 0 Å². The summed E-state index contributed by atoms with van der Waals surface area (Å²) in [7, 11) is 0. The first kappa shape index (κ1) is 17.0. The molecule has 0 heterocycles. The van der Waals surface area contributed by atoms with Crippen molar-refractivity contribution in [1.82, 2.24) is 4.90 Å². The Morgan fingerprint density at radius 2 is 1.95 bits per heavy atom. The van der Waals surface area contributed by atoms with Crippen LogP contribution in [-0.2, 0) is 4.79 Å². The van der Waals surface area contributed by atoms with Crippen LogP contribution >= 0.6 is 15.9 Å². The van der Waals surface area contributed by atoms with E-state index in [0.29, 0.717) is 18.8 Å². The van der Waals surface area contributed by atoms with Gasteiger partial charge >= 0.3 is 0 Å². The fourth-order valence-electron chi connectivity index (χ4n) is 2.02. The molecule has 0 spiro atoms. The Kier molecular flexibility index (Phi) is 6.49. The molecule has 2 N–H and O–H groups in total. The zero-order valence-electron chi connectivity index (χ0n) is 12.5. The molecule has 0 aliphatic rings. The summed E-state index contributed by atoms with van der Waals surface area (Å²) in [6, 6.07) is 5.54. The third-order valence-corrected chi connectivity index (χ3v) is 3.69. The van der Waals surface area contributed by atoms with Crippen LogP contribution < -0.4 is 10.5 Å². The van der Waals surface area contributed by atoms with Gasteiger partial charge in [-0.15, -0.1) is 0 Å². The molecule has 0 fully saturated rings. The summed E-state index contributed by atoms with van der Waals surface area (Å²) < 4.78 is 6.74. The Bertz CT molecular complexity index is 459. The van der Waals surface area contributed by atoms with Crippen molar-refractivity contribution in [3.63, 3.8) is 0 Å². The number of nitrogens with two attached hydrogens (primary N) is 1. The minimum atomic E-state index is -0.526. The molecule has 1 aromatic rings. The maximum Gasteiger partial charge on any atom is 0.263 e. The Hall–Kier alpha value is -1.07. The van der Waals surface area contributed by atoms with Crippen LogP contribution in [0.5, 0.6) is 5.75 Å². The van der Waals surface area contributed by atoms with Crippen molar-refractivity contribution in [2.24, 2.45) is 5.73 Å². The molecule has 5 heteroatoms. The van der Waals surface area contributed by atoms with Gasteiger partial charge in [0.15, 0.2) is 6.10 Å². The zero-order chi connectivity index (χ0) is 15.3. The van der Waals surface area contributed by atoms with Crippen LogP contribution in [0.2, 0.25) is 0 Å². The van der Waals surface area contributed by atoms with E-state index in [1.807, 2.05) is 39.0 Å². The molecule has 4 nitrogen and oxygen atoms in total. The summed E-state index contributed by atoms with van der Waals surface area (Å²) in [6.07, 6.45) is -0.526. The average molecular weight is 343 g/mol. The van der Waals surface area contributed by atoms with Crippen molar-refractivity contribution in [2.45, 2.75) is 39.8 Å².